The minimum Gasteiger partial charge on any atom is -0.374 e. The molecular weight excluding hydrogens is 632 g/mol. The molecule has 0 N–H and O–H groups in total. The van der Waals surface area contributed by atoms with Crippen molar-refractivity contribution in [2.75, 3.05) is 13.7 Å². The summed E-state index contributed by atoms with van der Waals surface area (Å²) in [6, 6.07) is 35.7. The first-order valence-corrected chi connectivity index (χ1v) is 15.4. The molecule has 0 saturated carbocycles. The van der Waals surface area contributed by atoms with E-state index in [2.05, 4.69) is 15.9 Å². The minimum atomic E-state index is -0.705. The molecule has 1 saturated heterocycles. The Kier molecular flexibility index (Phi) is 12.2. The summed E-state index contributed by atoms with van der Waals surface area (Å²) in [5.74, 6) is 0. The van der Waals surface area contributed by atoms with Gasteiger partial charge in [-0.25, -0.2) is 0 Å². The number of methoxy groups -OCH3 is 1. The second kappa shape index (κ2) is 16.5. The van der Waals surface area contributed by atoms with Crippen LogP contribution in [0.4, 0.5) is 0 Å². The third-order valence-corrected chi connectivity index (χ3v) is 8.27. The molecule has 0 aliphatic carbocycles. The highest BCUT2D eigenvalue weighted by Gasteiger charge is 2.48. The molecule has 1 aliphatic rings. The molecule has 4 aromatic carbocycles. The van der Waals surface area contributed by atoms with Gasteiger partial charge in [-0.1, -0.05) is 119 Å². The van der Waals surface area contributed by atoms with Crippen LogP contribution in [0, 0.1) is 0 Å². The van der Waals surface area contributed by atoms with Gasteiger partial charge < -0.3 is 28.4 Å². The van der Waals surface area contributed by atoms with Crippen molar-refractivity contribution in [2.24, 2.45) is 0 Å². The van der Waals surface area contributed by atoms with Crippen LogP contribution >= 0.6 is 27.5 Å². The molecule has 0 amide bonds. The highest BCUT2D eigenvalue weighted by Crippen LogP contribution is 2.32. The fourth-order valence-electron chi connectivity index (χ4n) is 4.98. The largest absolute Gasteiger partial charge is 0.374 e. The lowest BCUT2D eigenvalue weighted by Gasteiger charge is -2.45. The van der Waals surface area contributed by atoms with Gasteiger partial charge in [0.1, 0.15) is 24.4 Å². The van der Waals surface area contributed by atoms with Crippen molar-refractivity contribution in [1.29, 1.82) is 0 Å². The molecule has 4 aromatic rings. The molecule has 0 unspecified atom stereocenters. The van der Waals surface area contributed by atoms with Gasteiger partial charge in [0.05, 0.1) is 33.0 Å². The Morgan fingerprint density at radius 1 is 0.628 bits per heavy atom. The highest BCUT2D eigenvalue weighted by atomic mass is 79.9. The predicted octanol–water partition coefficient (Wildman–Crippen LogP) is 7.75. The van der Waals surface area contributed by atoms with E-state index in [4.69, 9.17) is 40.0 Å². The Morgan fingerprint density at radius 2 is 1.19 bits per heavy atom. The van der Waals surface area contributed by atoms with E-state index in [-0.39, 0.29) is 6.61 Å². The van der Waals surface area contributed by atoms with Gasteiger partial charge in [0.2, 0.25) is 0 Å². The second-order valence-electron chi connectivity index (χ2n) is 10.3. The maximum Gasteiger partial charge on any atom is 0.186 e. The molecule has 0 radical (unpaired) electrons. The lowest BCUT2D eigenvalue weighted by Crippen LogP contribution is -2.61. The van der Waals surface area contributed by atoms with E-state index in [1.54, 1.807) is 7.11 Å². The van der Waals surface area contributed by atoms with Crippen molar-refractivity contribution in [3.8, 4) is 0 Å². The summed E-state index contributed by atoms with van der Waals surface area (Å²) in [4.78, 5) is 0. The minimum absolute atomic E-state index is 0.268. The fourth-order valence-corrected chi connectivity index (χ4v) is 5.50. The molecule has 43 heavy (non-hydrogen) atoms. The fraction of sp³-hybridized carbons (Fsp3) is 0.314. The standard InChI is InChI=1S/C35H36BrClO6/c1-38-35-34(42-23-28-14-8-9-15-30(28)36)33(41-22-26-12-6-3-7-13-26)32(40-21-25-10-4-2-5-11-25)31(43-35)24-39-20-27-16-18-29(37)19-17-27/h2-19,31-35H,20-24H2,1H3/t31-,32-,33+,34-,35-/m1/s1. The molecular formula is C35H36BrClO6. The van der Waals surface area contributed by atoms with Gasteiger partial charge in [0.25, 0.3) is 0 Å². The average Bonchev–Trinajstić information content (AvgIpc) is 3.04. The van der Waals surface area contributed by atoms with Gasteiger partial charge in [0, 0.05) is 16.6 Å². The number of hydrogen-bond acceptors (Lipinski definition) is 6. The van der Waals surface area contributed by atoms with Crippen molar-refractivity contribution in [3.63, 3.8) is 0 Å². The zero-order chi connectivity index (χ0) is 29.9. The molecule has 226 valence electrons. The van der Waals surface area contributed by atoms with Crippen LogP contribution < -0.4 is 0 Å². The summed E-state index contributed by atoms with van der Waals surface area (Å²) in [5, 5.41) is 0.684. The second-order valence-corrected chi connectivity index (χ2v) is 11.6. The summed E-state index contributed by atoms with van der Waals surface area (Å²) >= 11 is 9.69. The molecule has 0 aromatic heterocycles. The summed E-state index contributed by atoms with van der Waals surface area (Å²) in [7, 11) is 1.62. The van der Waals surface area contributed by atoms with Gasteiger partial charge in [0.15, 0.2) is 6.29 Å². The summed E-state index contributed by atoms with van der Waals surface area (Å²) in [6.45, 7) is 1.76. The van der Waals surface area contributed by atoms with Gasteiger partial charge >= 0.3 is 0 Å². The molecule has 1 heterocycles. The third kappa shape index (κ3) is 9.20. The van der Waals surface area contributed by atoms with Crippen LogP contribution in [0.15, 0.2) is 114 Å². The first-order chi connectivity index (χ1) is 21.1. The topological polar surface area (TPSA) is 55.4 Å². The van der Waals surface area contributed by atoms with E-state index in [1.807, 2.05) is 109 Å². The lowest BCUT2D eigenvalue weighted by molar-refractivity contribution is -0.323. The number of benzene rings is 4. The quantitative estimate of drug-likeness (QED) is 0.137. The third-order valence-electron chi connectivity index (χ3n) is 7.25. The van der Waals surface area contributed by atoms with Gasteiger partial charge in [-0.2, -0.15) is 0 Å². The van der Waals surface area contributed by atoms with Crippen LogP contribution in [0.3, 0.4) is 0 Å². The first-order valence-electron chi connectivity index (χ1n) is 14.3. The highest BCUT2D eigenvalue weighted by molar-refractivity contribution is 9.10. The van der Waals surface area contributed by atoms with Crippen molar-refractivity contribution >= 4 is 27.5 Å². The van der Waals surface area contributed by atoms with Crippen molar-refractivity contribution in [2.45, 2.75) is 57.1 Å². The SMILES string of the molecule is CO[C@@H]1O[C@H](COCc2ccc(Cl)cc2)[C@@H](OCc2ccccc2)[C@H](OCc2ccccc2)[C@H]1OCc1ccccc1Br. The number of halogens is 2. The van der Waals surface area contributed by atoms with E-state index in [0.29, 0.717) is 31.5 Å². The first kappa shape index (κ1) is 31.8. The Balaban J connectivity index is 1.39. The lowest BCUT2D eigenvalue weighted by atomic mass is 9.97. The van der Waals surface area contributed by atoms with E-state index in [9.17, 15) is 0 Å². The molecule has 8 heteroatoms. The monoisotopic (exact) mass is 666 g/mol. The zero-order valence-electron chi connectivity index (χ0n) is 24.0. The van der Waals surface area contributed by atoms with E-state index in [0.717, 1.165) is 26.7 Å². The molecule has 6 nitrogen and oxygen atoms in total. The molecule has 1 aliphatic heterocycles. The van der Waals surface area contributed by atoms with Gasteiger partial charge in [-0.3, -0.25) is 0 Å². The molecule has 0 spiro atoms. The van der Waals surface area contributed by atoms with Crippen molar-refractivity contribution in [3.05, 3.63) is 141 Å². The molecule has 5 rings (SSSR count). The maximum absolute atomic E-state index is 6.65. The normalized spacial score (nSPS) is 22.0. The van der Waals surface area contributed by atoms with Crippen LogP contribution in [-0.4, -0.2) is 44.4 Å². The summed E-state index contributed by atoms with van der Waals surface area (Å²) in [6.07, 6.45) is -2.79. The van der Waals surface area contributed by atoms with Gasteiger partial charge in [-0.15, -0.1) is 0 Å². The molecule has 5 atom stereocenters. The maximum atomic E-state index is 6.65. The van der Waals surface area contributed by atoms with Crippen LogP contribution in [0.25, 0.3) is 0 Å². The summed E-state index contributed by atoms with van der Waals surface area (Å²) in [5.41, 5.74) is 4.11. The Hall–Kier alpha value is -2.59. The summed E-state index contributed by atoms with van der Waals surface area (Å²) < 4.78 is 39.3. The van der Waals surface area contributed by atoms with E-state index in [1.165, 1.54) is 0 Å². The van der Waals surface area contributed by atoms with E-state index >= 15 is 0 Å². The van der Waals surface area contributed by atoms with E-state index < -0.39 is 30.7 Å². The Bertz CT molecular complexity index is 1370. The van der Waals surface area contributed by atoms with Crippen LogP contribution in [0.2, 0.25) is 5.02 Å². The van der Waals surface area contributed by atoms with Crippen molar-refractivity contribution < 1.29 is 28.4 Å². The molecule has 1 fully saturated rings. The van der Waals surface area contributed by atoms with Crippen molar-refractivity contribution in [1.82, 2.24) is 0 Å². The van der Waals surface area contributed by atoms with Crippen LogP contribution in [0.5, 0.6) is 0 Å². The predicted molar refractivity (Wildman–Crippen MR) is 170 cm³/mol. The number of ether oxygens (including phenoxy) is 6. The Labute approximate surface area is 266 Å². The van der Waals surface area contributed by atoms with Crippen LogP contribution in [0.1, 0.15) is 22.3 Å². The number of rotatable bonds is 14. The van der Waals surface area contributed by atoms with Gasteiger partial charge in [-0.05, 0) is 40.5 Å². The average molecular weight is 668 g/mol. The Morgan fingerprint density at radius 3 is 1.81 bits per heavy atom. The molecule has 0 bridgehead atoms. The van der Waals surface area contributed by atoms with Crippen LogP contribution in [-0.2, 0) is 54.8 Å². The smallest absolute Gasteiger partial charge is 0.186 e. The number of hydrogen-bond donors (Lipinski definition) is 0. The zero-order valence-corrected chi connectivity index (χ0v) is 26.4.